The van der Waals surface area contributed by atoms with E-state index in [1.165, 1.54) is 0 Å². The van der Waals surface area contributed by atoms with Crippen LogP contribution in [0.5, 0.6) is 0 Å². The predicted molar refractivity (Wildman–Crippen MR) is 60.4 cm³/mol. The molecular weight excluding hydrogens is 204 g/mol. The summed E-state index contributed by atoms with van der Waals surface area (Å²) in [6.07, 6.45) is 6.43. The second kappa shape index (κ2) is 4.78. The Bertz CT molecular complexity index is 369. The van der Waals surface area contributed by atoms with Crippen molar-refractivity contribution in [2.45, 2.75) is 38.8 Å². The summed E-state index contributed by atoms with van der Waals surface area (Å²) in [4.78, 5) is 12.1. The number of ketones is 1. The Labute approximate surface area is 95.6 Å². The molecule has 0 saturated heterocycles. The van der Waals surface area contributed by atoms with E-state index in [1.807, 2.05) is 10.9 Å². The van der Waals surface area contributed by atoms with Gasteiger partial charge >= 0.3 is 0 Å². The van der Waals surface area contributed by atoms with E-state index >= 15 is 0 Å². The monoisotopic (exact) mass is 222 g/mol. The van der Waals surface area contributed by atoms with Gasteiger partial charge in [-0.05, 0) is 25.2 Å². The molecule has 0 aromatic carbocycles. The molecule has 2 rings (SSSR count). The van der Waals surface area contributed by atoms with Crippen LogP contribution >= 0.6 is 0 Å². The highest BCUT2D eigenvalue weighted by atomic mass is 16.5. The van der Waals surface area contributed by atoms with E-state index in [-0.39, 0.29) is 11.9 Å². The number of aryl methyl sites for hydroxylation is 1. The molecule has 0 N–H and O–H groups in total. The van der Waals surface area contributed by atoms with Crippen molar-refractivity contribution in [1.82, 2.24) is 9.78 Å². The summed E-state index contributed by atoms with van der Waals surface area (Å²) in [6, 6.07) is 0. The summed E-state index contributed by atoms with van der Waals surface area (Å²) in [5.74, 6) is 0.499. The number of carbonyl (C=O) groups excluding carboxylic acids is 1. The van der Waals surface area contributed by atoms with Crippen molar-refractivity contribution in [3.8, 4) is 0 Å². The maximum absolute atomic E-state index is 12.1. The molecule has 1 aromatic rings. The molecule has 1 saturated carbocycles. The highest BCUT2D eigenvalue weighted by Crippen LogP contribution is 2.35. The molecule has 4 heteroatoms. The lowest BCUT2D eigenvalue weighted by atomic mass is 10.1. The van der Waals surface area contributed by atoms with Gasteiger partial charge in [-0.15, -0.1) is 0 Å². The van der Waals surface area contributed by atoms with Crippen molar-refractivity contribution in [2.24, 2.45) is 5.92 Å². The number of aromatic nitrogens is 2. The Balaban J connectivity index is 2.06. The average Bonchev–Trinajstić information content (AvgIpc) is 2.99. The average molecular weight is 222 g/mol. The van der Waals surface area contributed by atoms with Gasteiger partial charge in [0.2, 0.25) is 0 Å². The lowest BCUT2D eigenvalue weighted by molar-refractivity contribution is 0.0539. The SMILES string of the molecule is CCCn1cc(C(=O)C(OC)C2CC2)cn1. The van der Waals surface area contributed by atoms with Crippen molar-refractivity contribution in [2.75, 3.05) is 7.11 Å². The van der Waals surface area contributed by atoms with E-state index < -0.39 is 0 Å². The van der Waals surface area contributed by atoms with Gasteiger partial charge in [0, 0.05) is 19.9 Å². The Morgan fingerprint density at radius 1 is 1.69 bits per heavy atom. The van der Waals surface area contributed by atoms with Crippen LogP contribution in [-0.2, 0) is 11.3 Å². The minimum absolute atomic E-state index is 0.0763. The van der Waals surface area contributed by atoms with Crippen molar-refractivity contribution < 1.29 is 9.53 Å². The summed E-state index contributed by atoms with van der Waals surface area (Å²) in [5, 5.41) is 4.16. The smallest absolute Gasteiger partial charge is 0.194 e. The topological polar surface area (TPSA) is 44.1 Å². The van der Waals surface area contributed by atoms with Gasteiger partial charge in [-0.2, -0.15) is 5.10 Å². The molecule has 0 spiro atoms. The third-order valence-corrected chi connectivity index (χ3v) is 2.93. The number of methoxy groups -OCH3 is 1. The third kappa shape index (κ3) is 2.32. The van der Waals surface area contributed by atoms with Crippen LogP contribution in [0.3, 0.4) is 0 Å². The number of hydrogen-bond acceptors (Lipinski definition) is 3. The van der Waals surface area contributed by atoms with Crippen molar-refractivity contribution >= 4 is 5.78 Å². The lowest BCUT2D eigenvalue weighted by Crippen LogP contribution is -2.24. The van der Waals surface area contributed by atoms with Crippen LogP contribution < -0.4 is 0 Å². The molecule has 4 nitrogen and oxygen atoms in total. The maximum Gasteiger partial charge on any atom is 0.194 e. The molecule has 88 valence electrons. The van der Waals surface area contributed by atoms with Crippen molar-refractivity contribution in [3.63, 3.8) is 0 Å². The second-order valence-corrected chi connectivity index (χ2v) is 4.35. The normalized spacial score (nSPS) is 17.4. The summed E-state index contributed by atoms with van der Waals surface area (Å²) in [6.45, 7) is 2.94. The van der Waals surface area contributed by atoms with E-state index in [4.69, 9.17) is 4.74 Å². The first-order valence-electron chi connectivity index (χ1n) is 5.85. The van der Waals surface area contributed by atoms with E-state index in [1.54, 1.807) is 13.3 Å². The Hall–Kier alpha value is -1.16. The second-order valence-electron chi connectivity index (χ2n) is 4.35. The maximum atomic E-state index is 12.1. The van der Waals surface area contributed by atoms with Gasteiger partial charge in [0.15, 0.2) is 5.78 Å². The number of nitrogens with zero attached hydrogens (tertiary/aromatic N) is 2. The van der Waals surface area contributed by atoms with Gasteiger partial charge in [0.1, 0.15) is 6.10 Å². The zero-order valence-electron chi connectivity index (χ0n) is 9.85. The molecule has 1 atom stereocenters. The van der Waals surface area contributed by atoms with Crippen LogP contribution in [0.25, 0.3) is 0 Å². The Kier molecular flexibility index (Phi) is 3.39. The summed E-state index contributed by atoms with van der Waals surface area (Å²) >= 11 is 0. The Morgan fingerprint density at radius 2 is 2.44 bits per heavy atom. The zero-order valence-corrected chi connectivity index (χ0v) is 9.85. The van der Waals surface area contributed by atoms with Crippen LogP contribution in [0.4, 0.5) is 0 Å². The van der Waals surface area contributed by atoms with Crippen LogP contribution in [0, 0.1) is 5.92 Å². The quantitative estimate of drug-likeness (QED) is 0.690. The molecule has 0 bridgehead atoms. The first-order valence-corrected chi connectivity index (χ1v) is 5.85. The molecule has 1 heterocycles. The molecule has 0 amide bonds. The van der Waals surface area contributed by atoms with Gasteiger partial charge in [-0.25, -0.2) is 0 Å². The van der Waals surface area contributed by atoms with Gasteiger partial charge < -0.3 is 4.74 Å². The predicted octanol–water partition coefficient (Wildman–Crippen LogP) is 1.90. The number of hydrogen-bond donors (Lipinski definition) is 0. The molecular formula is C12H18N2O2. The number of carbonyl (C=O) groups is 1. The highest BCUT2D eigenvalue weighted by molar-refractivity contribution is 5.99. The molecule has 16 heavy (non-hydrogen) atoms. The minimum Gasteiger partial charge on any atom is -0.373 e. The largest absolute Gasteiger partial charge is 0.373 e. The van der Waals surface area contributed by atoms with Gasteiger partial charge in [0.05, 0.1) is 11.8 Å². The molecule has 0 aliphatic heterocycles. The molecule has 1 aliphatic rings. The highest BCUT2D eigenvalue weighted by Gasteiger charge is 2.37. The number of rotatable bonds is 6. The fourth-order valence-electron chi connectivity index (χ4n) is 1.92. The molecule has 1 aliphatic carbocycles. The first-order chi connectivity index (χ1) is 7.76. The fourth-order valence-corrected chi connectivity index (χ4v) is 1.92. The summed E-state index contributed by atoms with van der Waals surface area (Å²) < 4.78 is 7.09. The van der Waals surface area contributed by atoms with Gasteiger partial charge in [-0.1, -0.05) is 6.92 Å². The fraction of sp³-hybridized carbons (Fsp3) is 0.667. The summed E-state index contributed by atoms with van der Waals surface area (Å²) in [5.41, 5.74) is 0.673. The minimum atomic E-state index is -0.265. The van der Waals surface area contributed by atoms with E-state index in [0.717, 1.165) is 25.8 Å². The Morgan fingerprint density at radius 3 is 3.00 bits per heavy atom. The number of Topliss-reactive ketones (excluding diaryl/α,β-unsaturated/α-hetero) is 1. The van der Waals surface area contributed by atoms with Crippen molar-refractivity contribution in [1.29, 1.82) is 0 Å². The third-order valence-electron chi connectivity index (χ3n) is 2.93. The van der Waals surface area contributed by atoms with Crippen LogP contribution in [0.1, 0.15) is 36.5 Å². The molecule has 1 fully saturated rings. The van der Waals surface area contributed by atoms with Crippen LogP contribution in [0.15, 0.2) is 12.4 Å². The van der Waals surface area contributed by atoms with E-state index in [9.17, 15) is 4.79 Å². The van der Waals surface area contributed by atoms with Crippen LogP contribution in [0.2, 0.25) is 0 Å². The molecule has 1 unspecified atom stereocenters. The zero-order chi connectivity index (χ0) is 11.5. The number of ether oxygens (including phenoxy) is 1. The molecule has 0 radical (unpaired) electrons. The standard InChI is InChI=1S/C12H18N2O2/c1-3-6-14-8-10(7-13-14)11(15)12(16-2)9-4-5-9/h7-9,12H,3-6H2,1-2H3. The van der Waals surface area contributed by atoms with Gasteiger partial charge in [0.25, 0.3) is 0 Å². The van der Waals surface area contributed by atoms with Crippen LogP contribution in [-0.4, -0.2) is 28.8 Å². The lowest BCUT2D eigenvalue weighted by Gasteiger charge is -2.11. The van der Waals surface area contributed by atoms with Gasteiger partial charge in [-0.3, -0.25) is 9.48 Å². The van der Waals surface area contributed by atoms with E-state index in [0.29, 0.717) is 11.5 Å². The molecule has 1 aromatic heterocycles. The summed E-state index contributed by atoms with van der Waals surface area (Å²) in [7, 11) is 1.61. The van der Waals surface area contributed by atoms with Crippen molar-refractivity contribution in [3.05, 3.63) is 18.0 Å². The van der Waals surface area contributed by atoms with E-state index in [2.05, 4.69) is 12.0 Å². The first kappa shape index (κ1) is 11.3.